The van der Waals surface area contributed by atoms with Crippen LogP contribution >= 0.6 is 0 Å². The number of hydrogen-bond donors (Lipinski definition) is 1. The van der Waals surface area contributed by atoms with Crippen molar-refractivity contribution >= 4 is 0 Å². The molecule has 0 saturated heterocycles. The summed E-state index contributed by atoms with van der Waals surface area (Å²) in [7, 11) is 1.69. The smallest absolute Gasteiger partial charge is 0.161 e. The minimum Gasteiger partial charge on any atom is -0.493 e. The minimum atomic E-state index is 0.230. The molecule has 0 saturated carbocycles. The van der Waals surface area contributed by atoms with Gasteiger partial charge in [0.2, 0.25) is 0 Å². The lowest BCUT2D eigenvalue weighted by atomic mass is 10.0. The van der Waals surface area contributed by atoms with E-state index in [0.717, 1.165) is 56.9 Å². The van der Waals surface area contributed by atoms with E-state index in [1.165, 1.54) is 5.56 Å². The Kier molecular flexibility index (Phi) is 9.72. The zero-order valence-electron chi connectivity index (χ0n) is 15.3. The van der Waals surface area contributed by atoms with Crippen LogP contribution in [-0.2, 0) is 0 Å². The van der Waals surface area contributed by atoms with Gasteiger partial charge in [0.25, 0.3) is 0 Å². The Labute approximate surface area is 142 Å². The maximum absolute atomic E-state index is 6.08. The van der Waals surface area contributed by atoms with E-state index < -0.39 is 0 Å². The first-order chi connectivity index (χ1) is 11.2. The summed E-state index contributed by atoms with van der Waals surface area (Å²) >= 11 is 0. The fraction of sp³-hybridized carbons (Fsp3) is 0.684. The number of ether oxygens (including phenoxy) is 2. The molecule has 0 bridgehead atoms. The molecule has 0 aliphatic heterocycles. The molecule has 1 aromatic carbocycles. The third-order valence-electron chi connectivity index (χ3n) is 4.01. The molecule has 0 fully saturated rings. The van der Waals surface area contributed by atoms with E-state index in [9.17, 15) is 0 Å². The molecule has 23 heavy (non-hydrogen) atoms. The van der Waals surface area contributed by atoms with Gasteiger partial charge in [-0.15, -0.1) is 0 Å². The number of nitrogens with two attached hydrogens (primary N) is 1. The number of hydrogen-bond acceptors (Lipinski definition) is 4. The summed E-state index contributed by atoms with van der Waals surface area (Å²) in [6.45, 7) is 10.0. The van der Waals surface area contributed by atoms with Crippen molar-refractivity contribution in [2.75, 3.05) is 33.4 Å². The molecule has 0 heterocycles. The Hall–Kier alpha value is -1.26. The zero-order chi connectivity index (χ0) is 17.1. The maximum Gasteiger partial charge on any atom is 0.161 e. The lowest BCUT2D eigenvalue weighted by Gasteiger charge is -2.31. The monoisotopic (exact) mass is 322 g/mol. The van der Waals surface area contributed by atoms with Crippen molar-refractivity contribution in [3.8, 4) is 11.5 Å². The fourth-order valence-electron chi connectivity index (χ4n) is 2.83. The SMILES string of the molecule is CCCCOc1ccc(C(CN)N(CCC)CCC)cc1OC. The van der Waals surface area contributed by atoms with E-state index in [4.69, 9.17) is 15.2 Å². The predicted molar refractivity (Wildman–Crippen MR) is 97.3 cm³/mol. The van der Waals surface area contributed by atoms with Crippen molar-refractivity contribution < 1.29 is 9.47 Å². The van der Waals surface area contributed by atoms with Gasteiger partial charge in [0.15, 0.2) is 11.5 Å². The van der Waals surface area contributed by atoms with Gasteiger partial charge in [-0.25, -0.2) is 0 Å². The summed E-state index contributed by atoms with van der Waals surface area (Å²) in [6, 6.07) is 6.45. The predicted octanol–water partition coefficient (Wildman–Crippen LogP) is 4.00. The van der Waals surface area contributed by atoms with Crippen LogP contribution in [0.3, 0.4) is 0 Å². The second-order valence-electron chi connectivity index (χ2n) is 5.90. The normalized spacial score (nSPS) is 12.4. The van der Waals surface area contributed by atoms with Crippen LogP contribution in [-0.4, -0.2) is 38.3 Å². The first-order valence-corrected chi connectivity index (χ1v) is 8.96. The summed E-state index contributed by atoms with van der Waals surface area (Å²) in [6.07, 6.45) is 4.44. The molecule has 0 aliphatic carbocycles. The number of nitrogens with zero attached hydrogens (tertiary/aromatic N) is 1. The molecule has 4 heteroatoms. The van der Waals surface area contributed by atoms with Crippen molar-refractivity contribution in [3.05, 3.63) is 23.8 Å². The topological polar surface area (TPSA) is 47.7 Å². The van der Waals surface area contributed by atoms with Gasteiger partial charge in [-0.1, -0.05) is 33.3 Å². The minimum absolute atomic E-state index is 0.230. The maximum atomic E-state index is 6.08. The number of benzene rings is 1. The van der Waals surface area contributed by atoms with Gasteiger partial charge in [0.1, 0.15) is 0 Å². The van der Waals surface area contributed by atoms with Crippen LogP contribution in [0.25, 0.3) is 0 Å². The molecule has 0 spiro atoms. The number of rotatable bonds is 12. The Morgan fingerprint density at radius 3 is 2.26 bits per heavy atom. The Morgan fingerprint density at radius 1 is 1.04 bits per heavy atom. The summed E-state index contributed by atoms with van der Waals surface area (Å²) in [5.41, 5.74) is 7.28. The van der Waals surface area contributed by atoms with Crippen LogP contribution in [0.4, 0.5) is 0 Å². The molecule has 2 N–H and O–H groups in total. The highest BCUT2D eigenvalue weighted by Gasteiger charge is 2.19. The van der Waals surface area contributed by atoms with Crippen LogP contribution in [0.5, 0.6) is 11.5 Å². The standard InChI is InChI=1S/C19H34N2O2/c1-5-8-13-23-18-10-9-16(14-19(18)22-4)17(15-20)21(11-6-2)12-7-3/h9-10,14,17H,5-8,11-13,15,20H2,1-4H3. The first kappa shape index (κ1) is 19.8. The Balaban J connectivity index is 2.95. The van der Waals surface area contributed by atoms with Crippen molar-refractivity contribution in [1.82, 2.24) is 4.90 Å². The van der Waals surface area contributed by atoms with E-state index in [2.05, 4.69) is 37.8 Å². The van der Waals surface area contributed by atoms with Gasteiger partial charge in [-0.3, -0.25) is 4.90 Å². The molecule has 0 amide bonds. The number of unbranched alkanes of at least 4 members (excludes halogenated alkanes) is 1. The van der Waals surface area contributed by atoms with E-state index in [-0.39, 0.29) is 6.04 Å². The molecular weight excluding hydrogens is 288 g/mol. The van der Waals surface area contributed by atoms with Crippen LogP contribution in [0, 0.1) is 0 Å². The molecule has 1 unspecified atom stereocenters. The third kappa shape index (κ3) is 6.04. The molecule has 0 aliphatic rings. The molecular formula is C19H34N2O2. The van der Waals surface area contributed by atoms with Crippen LogP contribution < -0.4 is 15.2 Å². The van der Waals surface area contributed by atoms with Gasteiger partial charge in [-0.05, 0) is 50.0 Å². The fourth-order valence-corrected chi connectivity index (χ4v) is 2.83. The second-order valence-corrected chi connectivity index (χ2v) is 5.90. The highest BCUT2D eigenvalue weighted by molar-refractivity contribution is 5.44. The highest BCUT2D eigenvalue weighted by atomic mass is 16.5. The van der Waals surface area contributed by atoms with Crippen molar-refractivity contribution in [1.29, 1.82) is 0 Å². The summed E-state index contributed by atoms with van der Waals surface area (Å²) in [4.78, 5) is 2.46. The molecule has 0 radical (unpaired) electrons. The van der Waals surface area contributed by atoms with Crippen molar-refractivity contribution in [3.63, 3.8) is 0 Å². The second kappa shape index (κ2) is 11.3. The average Bonchev–Trinajstić information content (AvgIpc) is 2.57. The van der Waals surface area contributed by atoms with Crippen LogP contribution in [0.1, 0.15) is 58.1 Å². The first-order valence-electron chi connectivity index (χ1n) is 8.96. The molecule has 1 aromatic rings. The largest absolute Gasteiger partial charge is 0.493 e. The van der Waals surface area contributed by atoms with Crippen LogP contribution in [0.2, 0.25) is 0 Å². The highest BCUT2D eigenvalue weighted by Crippen LogP contribution is 2.32. The third-order valence-corrected chi connectivity index (χ3v) is 4.01. The molecule has 4 nitrogen and oxygen atoms in total. The average molecular weight is 322 g/mol. The molecule has 1 rings (SSSR count). The number of methoxy groups -OCH3 is 1. The van der Waals surface area contributed by atoms with Gasteiger partial charge in [0.05, 0.1) is 13.7 Å². The summed E-state index contributed by atoms with van der Waals surface area (Å²) in [5, 5.41) is 0. The summed E-state index contributed by atoms with van der Waals surface area (Å²) in [5.74, 6) is 1.61. The van der Waals surface area contributed by atoms with Gasteiger partial charge < -0.3 is 15.2 Å². The van der Waals surface area contributed by atoms with Gasteiger partial charge >= 0.3 is 0 Å². The Morgan fingerprint density at radius 2 is 1.74 bits per heavy atom. The van der Waals surface area contributed by atoms with E-state index >= 15 is 0 Å². The van der Waals surface area contributed by atoms with Gasteiger partial charge in [0, 0.05) is 12.6 Å². The lowest BCUT2D eigenvalue weighted by Crippen LogP contribution is -2.35. The van der Waals surface area contributed by atoms with E-state index in [1.807, 2.05) is 6.07 Å². The van der Waals surface area contributed by atoms with Crippen LogP contribution in [0.15, 0.2) is 18.2 Å². The van der Waals surface area contributed by atoms with E-state index in [0.29, 0.717) is 6.54 Å². The Bertz CT molecular complexity index is 431. The lowest BCUT2D eigenvalue weighted by molar-refractivity contribution is 0.201. The van der Waals surface area contributed by atoms with Crippen molar-refractivity contribution in [2.24, 2.45) is 5.73 Å². The quantitative estimate of drug-likeness (QED) is 0.591. The summed E-state index contributed by atoms with van der Waals surface area (Å²) < 4.78 is 11.3. The molecule has 1 atom stereocenters. The van der Waals surface area contributed by atoms with Crippen molar-refractivity contribution in [2.45, 2.75) is 52.5 Å². The van der Waals surface area contributed by atoms with Gasteiger partial charge in [-0.2, -0.15) is 0 Å². The zero-order valence-corrected chi connectivity index (χ0v) is 15.3. The molecule has 0 aromatic heterocycles. The van der Waals surface area contributed by atoms with E-state index in [1.54, 1.807) is 7.11 Å². The molecule has 132 valence electrons.